The Morgan fingerprint density at radius 2 is 2.28 bits per heavy atom. The summed E-state index contributed by atoms with van der Waals surface area (Å²) in [5, 5.41) is 7.25. The molecule has 2 aliphatic heterocycles. The molecule has 100 valence electrons. The maximum absolute atomic E-state index is 5.96. The highest BCUT2D eigenvalue weighted by Gasteiger charge is 2.22. The van der Waals surface area contributed by atoms with E-state index in [0.29, 0.717) is 11.3 Å². The van der Waals surface area contributed by atoms with Crippen molar-refractivity contribution in [2.75, 3.05) is 24.2 Å². The molecule has 0 aliphatic carbocycles. The molecule has 3 heterocycles. The monoisotopic (exact) mass is 306 g/mol. The summed E-state index contributed by atoms with van der Waals surface area (Å²) in [4.78, 5) is 9.81. The van der Waals surface area contributed by atoms with Crippen LogP contribution in [0.5, 0.6) is 0 Å². The van der Waals surface area contributed by atoms with Gasteiger partial charge in [-0.3, -0.25) is 0 Å². The van der Waals surface area contributed by atoms with Crippen molar-refractivity contribution in [2.45, 2.75) is 30.2 Å². The molecule has 0 bridgehead atoms. The van der Waals surface area contributed by atoms with Gasteiger partial charge in [-0.15, -0.1) is 24.2 Å². The van der Waals surface area contributed by atoms with Crippen LogP contribution in [0.3, 0.4) is 0 Å². The van der Waals surface area contributed by atoms with Crippen molar-refractivity contribution in [2.24, 2.45) is 0 Å². The summed E-state index contributed by atoms with van der Waals surface area (Å²) in [6.07, 6.45) is 3.40. The second-order valence-corrected chi connectivity index (χ2v) is 5.85. The zero-order valence-electron chi connectivity index (χ0n) is 9.91. The number of nitrogens with one attached hydrogen (secondary N) is 2. The zero-order valence-corrected chi connectivity index (χ0v) is 12.3. The Hall–Kier alpha value is -0.230. The summed E-state index contributed by atoms with van der Waals surface area (Å²) in [5.74, 6) is 2.01. The van der Waals surface area contributed by atoms with E-state index in [1.807, 2.05) is 11.8 Å². The lowest BCUT2D eigenvalue weighted by molar-refractivity contribution is 0.478. The normalized spacial score (nSPS) is 22.2. The van der Waals surface area contributed by atoms with Crippen LogP contribution in [-0.2, 0) is 6.42 Å². The predicted octanol–water partition coefficient (Wildman–Crippen LogP) is 2.36. The van der Waals surface area contributed by atoms with E-state index in [0.717, 1.165) is 36.8 Å². The number of piperidine rings is 1. The Morgan fingerprint density at radius 1 is 1.39 bits per heavy atom. The summed E-state index contributed by atoms with van der Waals surface area (Å²) < 4.78 is 0. The highest BCUT2D eigenvalue weighted by atomic mass is 35.5. The van der Waals surface area contributed by atoms with Crippen LogP contribution in [0.15, 0.2) is 4.90 Å². The van der Waals surface area contributed by atoms with Gasteiger partial charge >= 0.3 is 0 Å². The number of fused-ring (bicyclic) bond motifs is 1. The Kier molecular flexibility index (Phi) is 4.95. The highest BCUT2D eigenvalue weighted by Crippen LogP contribution is 2.36. The minimum absolute atomic E-state index is 0. The van der Waals surface area contributed by atoms with Crippen molar-refractivity contribution in [3.8, 4) is 0 Å². The lowest BCUT2D eigenvalue weighted by Gasteiger charge is -2.25. The average Bonchev–Trinajstić information content (AvgIpc) is 2.78. The van der Waals surface area contributed by atoms with E-state index < -0.39 is 0 Å². The molecule has 2 aliphatic rings. The van der Waals surface area contributed by atoms with Gasteiger partial charge in [0, 0.05) is 24.8 Å². The van der Waals surface area contributed by atoms with Crippen LogP contribution in [0, 0.1) is 0 Å². The largest absolute Gasteiger partial charge is 0.365 e. The molecule has 7 heteroatoms. The summed E-state index contributed by atoms with van der Waals surface area (Å²) in [7, 11) is 0. The third-order valence-electron chi connectivity index (χ3n) is 3.13. The number of halogens is 2. The second kappa shape index (κ2) is 6.28. The maximum Gasteiger partial charge on any atom is 0.224 e. The molecular formula is C11H16Cl2N4S. The van der Waals surface area contributed by atoms with Crippen LogP contribution in [-0.4, -0.2) is 34.9 Å². The quantitative estimate of drug-likeness (QED) is 0.822. The second-order valence-electron chi connectivity index (χ2n) is 4.40. The van der Waals surface area contributed by atoms with Crippen molar-refractivity contribution >= 4 is 41.6 Å². The summed E-state index contributed by atoms with van der Waals surface area (Å²) in [6.45, 7) is 2.12. The topological polar surface area (TPSA) is 49.8 Å². The first-order chi connectivity index (χ1) is 8.33. The van der Waals surface area contributed by atoms with E-state index in [9.17, 15) is 0 Å². The van der Waals surface area contributed by atoms with Gasteiger partial charge in [0.1, 0.15) is 5.82 Å². The van der Waals surface area contributed by atoms with E-state index in [1.54, 1.807) is 0 Å². The van der Waals surface area contributed by atoms with E-state index in [-0.39, 0.29) is 12.4 Å². The minimum atomic E-state index is 0. The van der Waals surface area contributed by atoms with Crippen molar-refractivity contribution in [1.82, 2.24) is 15.3 Å². The van der Waals surface area contributed by atoms with Gasteiger partial charge in [-0.25, -0.2) is 4.98 Å². The van der Waals surface area contributed by atoms with Gasteiger partial charge in [-0.05, 0) is 31.0 Å². The molecule has 1 aromatic heterocycles. The Balaban J connectivity index is 0.00000120. The van der Waals surface area contributed by atoms with Crippen LogP contribution in [0.2, 0.25) is 5.28 Å². The lowest BCUT2D eigenvalue weighted by atomic mass is 10.1. The molecule has 1 saturated heterocycles. The van der Waals surface area contributed by atoms with Gasteiger partial charge in [0.15, 0.2) is 0 Å². The molecule has 0 spiro atoms. The number of aromatic nitrogens is 2. The molecule has 2 N–H and O–H groups in total. The van der Waals surface area contributed by atoms with E-state index in [4.69, 9.17) is 11.6 Å². The fourth-order valence-electron chi connectivity index (χ4n) is 2.30. The molecule has 1 unspecified atom stereocenters. The van der Waals surface area contributed by atoms with E-state index in [2.05, 4.69) is 20.6 Å². The molecule has 18 heavy (non-hydrogen) atoms. The number of anilines is 1. The Bertz CT molecular complexity index is 424. The molecule has 1 aromatic rings. The standard InChI is InChI=1S/C11H15ClN4S.ClH/c12-11-15-8-3-5-17-9(8)10(16-11)14-7-2-1-4-13-6-7;/h7,13H,1-6H2,(H,14,15,16);1H. The molecule has 0 radical (unpaired) electrons. The molecule has 4 nitrogen and oxygen atoms in total. The van der Waals surface area contributed by atoms with Gasteiger partial charge in [0.2, 0.25) is 5.28 Å². The molecule has 0 aromatic carbocycles. The molecule has 3 rings (SSSR count). The molecule has 0 saturated carbocycles. The number of thioether (sulfide) groups is 1. The van der Waals surface area contributed by atoms with Crippen molar-refractivity contribution < 1.29 is 0 Å². The fraction of sp³-hybridized carbons (Fsp3) is 0.636. The van der Waals surface area contributed by atoms with Gasteiger partial charge in [0.05, 0.1) is 10.6 Å². The molecule has 0 amide bonds. The highest BCUT2D eigenvalue weighted by molar-refractivity contribution is 7.99. The Labute approximate surface area is 122 Å². The fourth-order valence-corrected chi connectivity index (χ4v) is 3.55. The zero-order chi connectivity index (χ0) is 11.7. The van der Waals surface area contributed by atoms with E-state index in [1.165, 1.54) is 17.7 Å². The minimum Gasteiger partial charge on any atom is -0.365 e. The number of rotatable bonds is 2. The maximum atomic E-state index is 5.96. The smallest absolute Gasteiger partial charge is 0.224 e. The SMILES string of the molecule is Cl.Clc1nc2c(c(NC3CCCNC3)n1)SCC2. The molecular weight excluding hydrogens is 291 g/mol. The van der Waals surface area contributed by atoms with Gasteiger partial charge in [-0.1, -0.05) is 0 Å². The third-order valence-corrected chi connectivity index (χ3v) is 4.43. The van der Waals surface area contributed by atoms with Crippen LogP contribution in [0.4, 0.5) is 5.82 Å². The predicted molar refractivity (Wildman–Crippen MR) is 78.2 cm³/mol. The first-order valence-electron chi connectivity index (χ1n) is 5.99. The van der Waals surface area contributed by atoms with Crippen molar-refractivity contribution in [3.63, 3.8) is 0 Å². The first-order valence-corrected chi connectivity index (χ1v) is 7.36. The van der Waals surface area contributed by atoms with Gasteiger partial charge in [0.25, 0.3) is 0 Å². The van der Waals surface area contributed by atoms with Gasteiger partial charge in [-0.2, -0.15) is 4.98 Å². The average molecular weight is 307 g/mol. The summed E-state index contributed by atoms with van der Waals surface area (Å²) in [6, 6.07) is 0.458. The molecule has 1 atom stereocenters. The summed E-state index contributed by atoms with van der Waals surface area (Å²) >= 11 is 7.78. The van der Waals surface area contributed by atoms with Crippen LogP contribution < -0.4 is 10.6 Å². The van der Waals surface area contributed by atoms with Crippen molar-refractivity contribution in [1.29, 1.82) is 0 Å². The van der Waals surface area contributed by atoms with Crippen LogP contribution in [0.25, 0.3) is 0 Å². The summed E-state index contributed by atoms with van der Waals surface area (Å²) in [5.41, 5.74) is 1.10. The number of aryl methyl sites for hydroxylation is 1. The number of hydrogen-bond donors (Lipinski definition) is 2. The first kappa shape index (κ1) is 14.2. The number of nitrogens with zero attached hydrogens (tertiary/aromatic N) is 2. The lowest BCUT2D eigenvalue weighted by Crippen LogP contribution is -2.38. The molecule has 1 fully saturated rings. The van der Waals surface area contributed by atoms with Crippen LogP contribution >= 0.6 is 35.8 Å². The van der Waals surface area contributed by atoms with Crippen molar-refractivity contribution in [3.05, 3.63) is 11.0 Å². The number of hydrogen-bond acceptors (Lipinski definition) is 5. The third kappa shape index (κ3) is 3.02. The Morgan fingerprint density at radius 3 is 3.06 bits per heavy atom. The van der Waals surface area contributed by atoms with E-state index >= 15 is 0 Å². The van der Waals surface area contributed by atoms with Gasteiger partial charge < -0.3 is 10.6 Å². The van der Waals surface area contributed by atoms with Crippen LogP contribution in [0.1, 0.15) is 18.5 Å².